The van der Waals surface area contributed by atoms with E-state index in [4.69, 9.17) is 4.42 Å². The number of anilines is 2. The van der Waals surface area contributed by atoms with E-state index in [0.29, 0.717) is 23.4 Å². The van der Waals surface area contributed by atoms with Crippen molar-refractivity contribution in [2.24, 2.45) is 4.99 Å². The Hall–Kier alpha value is -5.12. The summed E-state index contributed by atoms with van der Waals surface area (Å²) in [4.78, 5) is 34.5. The summed E-state index contributed by atoms with van der Waals surface area (Å²) < 4.78 is 86.6. The molecule has 0 radical (unpaired) electrons. The van der Waals surface area contributed by atoms with Crippen molar-refractivity contribution < 1.29 is 40.3 Å². The maximum Gasteiger partial charge on any atom is 0.458 e. The number of para-hydroxylation sites is 1. The van der Waals surface area contributed by atoms with Gasteiger partial charge in [-0.15, -0.1) is 5.10 Å². The molecule has 1 N–H and O–H groups in total. The smallest absolute Gasteiger partial charge is 0.458 e. The molecule has 5 aromatic rings. The lowest BCUT2D eigenvalue weighted by Crippen LogP contribution is -2.33. The normalized spacial score (nSPS) is 15.0. The highest BCUT2D eigenvalue weighted by Crippen LogP contribution is 2.44. The number of fused-ring (bicyclic) bond motifs is 1. The second-order valence-corrected chi connectivity index (χ2v) is 10.2. The first kappa shape index (κ1) is 29.0. The number of benzene rings is 3. The van der Waals surface area contributed by atoms with E-state index >= 15 is 0 Å². The first-order chi connectivity index (χ1) is 20.9. The van der Waals surface area contributed by atoms with Gasteiger partial charge in [-0.1, -0.05) is 36.0 Å². The molecule has 1 fully saturated rings. The lowest BCUT2D eigenvalue weighted by atomic mass is 10.1. The summed E-state index contributed by atoms with van der Waals surface area (Å²) in [5, 5.41) is 7.29. The van der Waals surface area contributed by atoms with Gasteiger partial charge in [-0.2, -0.15) is 26.9 Å². The van der Waals surface area contributed by atoms with E-state index in [1.54, 1.807) is 24.3 Å². The van der Waals surface area contributed by atoms with Gasteiger partial charge in [0, 0.05) is 16.5 Å². The van der Waals surface area contributed by atoms with Crippen LogP contribution in [0.1, 0.15) is 5.56 Å². The number of nitrogens with zero attached hydrogens (tertiary/aromatic N) is 5. The SMILES string of the molecule is O=C(N=C1SCC(=O)N1c1cccc2ccoc12)Nc1ccc(-c2ncn(-c3ccc(C(F)(F)C(F)(F)F)cc3)n2)cc1F. The van der Waals surface area contributed by atoms with Gasteiger partial charge in [-0.05, 0) is 42.5 Å². The average molecular weight is 631 g/mol. The van der Waals surface area contributed by atoms with Gasteiger partial charge < -0.3 is 9.73 Å². The number of aromatic nitrogens is 3. The first-order valence-electron chi connectivity index (χ1n) is 12.5. The molecule has 3 heterocycles. The van der Waals surface area contributed by atoms with Crippen molar-refractivity contribution in [3.05, 3.63) is 90.7 Å². The summed E-state index contributed by atoms with van der Waals surface area (Å²) in [7, 11) is 0. The maximum atomic E-state index is 15.0. The molecule has 2 aromatic heterocycles. The highest BCUT2D eigenvalue weighted by molar-refractivity contribution is 8.15. The Morgan fingerprint density at radius 3 is 2.52 bits per heavy atom. The van der Waals surface area contributed by atoms with E-state index in [0.717, 1.165) is 40.0 Å². The van der Waals surface area contributed by atoms with Crippen LogP contribution in [-0.4, -0.2) is 43.8 Å². The summed E-state index contributed by atoms with van der Waals surface area (Å²) in [6.45, 7) is 0. The molecular weight excluding hydrogens is 614 g/mol. The lowest BCUT2D eigenvalue weighted by molar-refractivity contribution is -0.289. The highest BCUT2D eigenvalue weighted by atomic mass is 32.2. The minimum Gasteiger partial charge on any atom is -0.462 e. The molecule has 1 aliphatic rings. The summed E-state index contributed by atoms with van der Waals surface area (Å²) >= 11 is 1.03. The van der Waals surface area contributed by atoms with Crippen molar-refractivity contribution >= 4 is 51.2 Å². The topological polar surface area (TPSA) is 106 Å². The largest absolute Gasteiger partial charge is 0.462 e. The predicted molar refractivity (Wildman–Crippen MR) is 149 cm³/mol. The number of amidine groups is 1. The van der Waals surface area contributed by atoms with E-state index in [2.05, 4.69) is 20.4 Å². The summed E-state index contributed by atoms with van der Waals surface area (Å²) in [6, 6.07) is 12.9. The Balaban J connectivity index is 1.17. The fourth-order valence-electron chi connectivity index (χ4n) is 4.33. The number of rotatable bonds is 5. The van der Waals surface area contributed by atoms with Crippen LogP contribution in [0.15, 0.2) is 88.7 Å². The van der Waals surface area contributed by atoms with Crippen molar-refractivity contribution in [2.45, 2.75) is 12.1 Å². The van der Waals surface area contributed by atoms with Crippen LogP contribution in [0.4, 0.5) is 42.5 Å². The van der Waals surface area contributed by atoms with E-state index in [1.807, 2.05) is 0 Å². The van der Waals surface area contributed by atoms with Gasteiger partial charge in [-0.3, -0.25) is 9.69 Å². The summed E-state index contributed by atoms with van der Waals surface area (Å²) in [5.41, 5.74) is -0.298. The molecule has 6 rings (SSSR count). The zero-order valence-electron chi connectivity index (χ0n) is 21.8. The van der Waals surface area contributed by atoms with E-state index in [9.17, 15) is 35.9 Å². The van der Waals surface area contributed by atoms with E-state index < -0.39 is 29.5 Å². The van der Waals surface area contributed by atoms with E-state index in [1.165, 1.54) is 29.6 Å². The Kier molecular flexibility index (Phi) is 7.15. The zero-order valence-corrected chi connectivity index (χ0v) is 22.7. The second-order valence-electron chi connectivity index (χ2n) is 9.28. The number of hydrogen-bond acceptors (Lipinski definition) is 6. The molecule has 224 valence electrons. The van der Waals surface area contributed by atoms with Crippen LogP contribution >= 0.6 is 11.8 Å². The average Bonchev–Trinajstić information content (AvgIpc) is 3.74. The minimum absolute atomic E-state index is 0.00956. The van der Waals surface area contributed by atoms with Crippen molar-refractivity contribution in [1.29, 1.82) is 0 Å². The molecule has 3 amide bonds. The number of hydrogen-bond donors (Lipinski definition) is 1. The zero-order chi connectivity index (χ0) is 31.2. The molecular formula is C28H16F6N6O3S. The molecule has 1 saturated heterocycles. The minimum atomic E-state index is -5.75. The maximum absolute atomic E-state index is 15.0. The number of amides is 3. The van der Waals surface area contributed by atoms with Crippen LogP contribution in [0.2, 0.25) is 0 Å². The fraction of sp³-hybridized carbons (Fsp3) is 0.107. The van der Waals surface area contributed by atoms with Gasteiger partial charge in [0.15, 0.2) is 16.6 Å². The van der Waals surface area contributed by atoms with Crippen molar-refractivity contribution in [2.75, 3.05) is 16.0 Å². The van der Waals surface area contributed by atoms with E-state index in [-0.39, 0.29) is 39.6 Å². The monoisotopic (exact) mass is 630 g/mol. The van der Waals surface area contributed by atoms with Crippen molar-refractivity contribution in [1.82, 2.24) is 14.8 Å². The molecule has 44 heavy (non-hydrogen) atoms. The number of furan rings is 1. The van der Waals surface area contributed by atoms with Gasteiger partial charge in [0.05, 0.1) is 29.1 Å². The Labute approximate surface area is 247 Å². The van der Waals surface area contributed by atoms with Crippen LogP contribution in [0.3, 0.4) is 0 Å². The van der Waals surface area contributed by atoms with Crippen LogP contribution in [0, 0.1) is 5.82 Å². The molecule has 3 aromatic carbocycles. The second kappa shape index (κ2) is 10.9. The third-order valence-corrected chi connectivity index (χ3v) is 7.40. The molecule has 9 nitrogen and oxygen atoms in total. The third kappa shape index (κ3) is 5.27. The summed E-state index contributed by atoms with van der Waals surface area (Å²) in [6.07, 6.45) is -3.10. The standard InChI is InChI=1S/C28H16F6N6O3S/c29-19-12-16(24-35-14-39(38-24)18-7-5-17(6-8-18)27(30,31)28(32,33)34)4-9-20(19)36-25(42)37-26-40(22(41)13-44-26)21-3-1-2-15-10-11-43-23(15)21/h1-12,14H,13H2,(H,36,42). The van der Waals surface area contributed by atoms with Crippen LogP contribution in [0.25, 0.3) is 28.0 Å². The molecule has 0 saturated carbocycles. The highest BCUT2D eigenvalue weighted by Gasteiger charge is 2.58. The van der Waals surface area contributed by atoms with Crippen molar-refractivity contribution in [3.8, 4) is 17.1 Å². The number of nitrogens with one attached hydrogen (secondary N) is 1. The number of carbonyl (C=O) groups excluding carboxylic acids is 2. The molecule has 0 aliphatic carbocycles. The van der Waals surface area contributed by atoms with Crippen LogP contribution in [-0.2, 0) is 10.7 Å². The molecule has 16 heteroatoms. The molecule has 0 unspecified atom stereocenters. The van der Waals surface area contributed by atoms with Gasteiger partial charge in [0.25, 0.3) is 0 Å². The number of halogens is 6. The Morgan fingerprint density at radius 2 is 1.80 bits per heavy atom. The molecule has 0 atom stereocenters. The Morgan fingerprint density at radius 1 is 1.02 bits per heavy atom. The van der Waals surface area contributed by atoms with Gasteiger partial charge in [-0.25, -0.2) is 18.9 Å². The van der Waals surface area contributed by atoms with Gasteiger partial charge in [0.2, 0.25) is 5.91 Å². The van der Waals surface area contributed by atoms with Crippen molar-refractivity contribution in [3.63, 3.8) is 0 Å². The molecule has 0 bridgehead atoms. The van der Waals surface area contributed by atoms with Gasteiger partial charge >= 0.3 is 18.1 Å². The number of thioether (sulfide) groups is 1. The number of alkyl halides is 5. The molecule has 1 aliphatic heterocycles. The van der Waals surface area contributed by atoms with Gasteiger partial charge in [0.1, 0.15) is 12.1 Å². The van der Waals surface area contributed by atoms with Crippen LogP contribution in [0.5, 0.6) is 0 Å². The fourth-order valence-corrected chi connectivity index (χ4v) is 5.19. The number of carbonyl (C=O) groups is 2. The predicted octanol–water partition coefficient (Wildman–Crippen LogP) is 7.14. The first-order valence-corrected chi connectivity index (χ1v) is 13.5. The van der Waals surface area contributed by atoms with Crippen LogP contribution < -0.4 is 10.2 Å². The lowest BCUT2D eigenvalue weighted by Gasteiger charge is -2.19. The molecule has 0 spiro atoms. The Bertz CT molecular complexity index is 1940. The number of urea groups is 1. The summed E-state index contributed by atoms with van der Waals surface area (Å²) in [5.74, 6) is -6.16. The quantitative estimate of drug-likeness (QED) is 0.207. The third-order valence-electron chi connectivity index (χ3n) is 6.47. The number of aliphatic imine (C=N–C) groups is 1.